The molecule has 1 saturated heterocycles. The second-order valence-corrected chi connectivity index (χ2v) is 13.7. The molecular weight excluding hydrogens is 612 g/mol. The van der Waals surface area contributed by atoms with Crippen LogP contribution in [0.25, 0.3) is 5.69 Å². The molecule has 0 aliphatic carbocycles. The molecule has 5 N–H and O–H groups in total. The van der Waals surface area contributed by atoms with E-state index in [0.29, 0.717) is 35.7 Å². The fourth-order valence-electron chi connectivity index (χ4n) is 6.10. The first-order valence-corrected chi connectivity index (χ1v) is 16.0. The standard InChI is InChI=1S/C31H34N8O6S/c1-31(2)26-22(18-39(31)46(44,45)19-8-5-4-6-9-19)28(35-34-26)33-29(41)21-17-25(38-11-7-10-23(38)30(42)43)24(16-20(21)27(32)40)37-14-12-36(3)13-15-37/h4-11,16-17H,12-15,18H2,1-3H3,(H2,32,40)(H,42,43)(H2,33,34,35,41). The van der Waals surface area contributed by atoms with Crippen molar-refractivity contribution in [2.75, 3.05) is 43.4 Å². The number of likely N-dealkylation sites (N-methyl/N-ethyl adjacent to an activating group) is 1. The van der Waals surface area contributed by atoms with E-state index in [4.69, 9.17) is 5.73 Å². The number of fused-ring (bicyclic) bond motifs is 1. The van der Waals surface area contributed by atoms with E-state index in [1.54, 1.807) is 44.3 Å². The van der Waals surface area contributed by atoms with Crippen LogP contribution in [-0.4, -0.2) is 88.5 Å². The molecule has 240 valence electrons. The predicted octanol–water partition coefficient (Wildman–Crippen LogP) is 2.44. The number of nitrogens with one attached hydrogen (secondary N) is 2. The van der Waals surface area contributed by atoms with Gasteiger partial charge in [0.25, 0.3) is 5.91 Å². The molecule has 2 aliphatic rings. The molecule has 0 spiro atoms. The van der Waals surface area contributed by atoms with Gasteiger partial charge in [-0.15, -0.1) is 0 Å². The normalized spacial score (nSPS) is 16.7. The monoisotopic (exact) mass is 646 g/mol. The Morgan fingerprint density at radius 2 is 1.65 bits per heavy atom. The summed E-state index contributed by atoms with van der Waals surface area (Å²) >= 11 is 0. The summed E-state index contributed by atoms with van der Waals surface area (Å²) in [6.45, 7) is 6.12. The Balaban J connectivity index is 1.39. The zero-order chi connectivity index (χ0) is 33.0. The molecule has 6 rings (SSSR count). The van der Waals surface area contributed by atoms with Crippen LogP contribution in [0, 0.1) is 0 Å². The van der Waals surface area contributed by atoms with Crippen LogP contribution in [0.15, 0.2) is 65.7 Å². The summed E-state index contributed by atoms with van der Waals surface area (Å²) in [4.78, 5) is 43.1. The summed E-state index contributed by atoms with van der Waals surface area (Å²) in [5, 5.41) is 19.8. The smallest absolute Gasteiger partial charge is 0.352 e. The van der Waals surface area contributed by atoms with E-state index < -0.39 is 33.3 Å². The number of carboxylic acids is 1. The van der Waals surface area contributed by atoms with Crippen molar-refractivity contribution in [2.24, 2.45) is 5.73 Å². The highest BCUT2D eigenvalue weighted by Crippen LogP contribution is 2.44. The Morgan fingerprint density at radius 1 is 0.978 bits per heavy atom. The highest BCUT2D eigenvalue weighted by Gasteiger charge is 2.47. The van der Waals surface area contributed by atoms with Crippen LogP contribution < -0.4 is 16.0 Å². The number of anilines is 2. The van der Waals surface area contributed by atoms with Crippen LogP contribution in [0.5, 0.6) is 0 Å². The number of hydrogen-bond acceptors (Lipinski definition) is 8. The van der Waals surface area contributed by atoms with E-state index in [9.17, 15) is 27.9 Å². The van der Waals surface area contributed by atoms with E-state index in [0.717, 1.165) is 13.1 Å². The number of rotatable bonds is 8. The number of H-pyrrole nitrogens is 1. The maximum Gasteiger partial charge on any atom is 0.352 e. The van der Waals surface area contributed by atoms with Crippen molar-refractivity contribution in [3.8, 4) is 5.69 Å². The number of aromatic nitrogens is 3. The number of amides is 2. The first-order chi connectivity index (χ1) is 21.8. The van der Waals surface area contributed by atoms with Gasteiger partial charge < -0.3 is 30.5 Å². The molecule has 4 heterocycles. The van der Waals surface area contributed by atoms with Gasteiger partial charge in [0.05, 0.1) is 38.6 Å². The van der Waals surface area contributed by atoms with Crippen LogP contribution in [-0.2, 0) is 22.1 Å². The van der Waals surface area contributed by atoms with Crippen molar-refractivity contribution in [3.05, 3.63) is 88.9 Å². The van der Waals surface area contributed by atoms with E-state index in [1.165, 1.54) is 39.2 Å². The summed E-state index contributed by atoms with van der Waals surface area (Å²) in [6.07, 6.45) is 1.58. The van der Waals surface area contributed by atoms with Crippen molar-refractivity contribution >= 4 is 39.3 Å². The number of carbonyl (C=O) groups excluding carboxylic acids is 2. The molecule has 2 amide bonds. The first kappa shape index (κ1) is 31.0. The zero-order valence-corrected chi connectivity index (χ0v) is 26.3. The summed E-state index contributed by atoms with van der Waals surface area (Å²) < 4.78 is 30.0. The van der Waals surface area contributed by atoms with Gasteiger partial charge in [-0.3, -0.25) is 14.7 Å². The molecule has 0 atom stereocenters. The van der Waals surface area contributed by atoms with Gasteiger partial charge in [-0.25, -0.2) is 13.2 Å². The Hall–Kier alpha value is -4.99. The molecule has 2 aliphatic heterocycles. The van der Waals surface area contributed by atoms with Gasteiger partial charge >= 0.3 is 5.97 Å². The number of carbonyl (C=O) groups is 3. The molecular formula is C31H34N8O6S. The van der Waals surface area contributed by atoms with Crippen molar-refractivity contribution in [2.45, 2.75) is 30.8 Å². The number of piperazine rings is 1. The number of aromatic amines is 1. The number of sulfonamides is 1. The highest BCUT2D eigenvalue weighted by molar-refractivity contribution is 7.89. The van der Waals surface area contributed by atoms with Gasteiger partial charge in [0.15, 0.2) is 5.82 Å². The fourth-order valence-corrected chi connectivity index (χ4v) is 7.85. The van der Waals surface area contributed by atoms with Crippen molar-refractivity contribution in [1.29, 1.82) is 0 Å². The second-order valence-electron chi connectivity index (χ2n) is 11.9. The van der Waals surface area contributed by atoms with Gasteiger partial charge in [0, 0.05) is 44.5 Å². The third-order valence-electron chi connectivity index (χ3n) is 8.66. The molecule has 2 aromatic carbocycles. The summed E-state index contributed by atoms with van der Waals surface area (Å²) in [7, 11) is -1.91. The van der Waals surface area contributed by atoms with Crippen LogP contribution in [0.1, 0.15) is 56.3 Å². The minimum Gasteiger partial charge on any atom is -0.477 e. The van der Waals surface area contributed by atoms with E-state index in [-0.39, 0.29) is 34.1 Å². The van der Waals surface area contributed by atoms with Gasteiger partial charge in [-0.1, -0.05) is 18.2 Å². The topological polar surface area (TPSA) is 187 Å². The molecule has 46 heavy (non-hydrogen) atoms. The minimum absolute atomic E-state index is 0.0272. The molecule has 1 fully saturated rings. The minimum atomic E-state index is -3.91. The number of carboxylic acid groups (broad SMARTS) is 1. The van der Waals surface area contributed by atoms with E-state index >= 15 is 0 Å². The lowest BCUT2D eigenvalue weighted by molar-refractivity contribution is 0.0687. The number of nitrogens with two attached hydrogens (primary N) is 1. The van der Waals surface area contributed by atoms with Crippen LogP contribution >= 0.6 is 0 Å². The fraction of sp³-hybridized carbons (Fsp3) is 0.290. The molecule has 2 aromatic heterocycles. The average Bonchev–Trinajstić information content (AvgIpc) is 3.74. The van der Waals surface area contributed by atoms with Gasteiger partial charge in [-0.05, 0) is 57.3 Å². The number of benzene rings is 2. The van der Waals surface area contributed by atoms with Gasteiger partial charge in [-0.2, -0.15) is 9.40 Å². The number of primary amides is 1. The summed E-state index contributed by atoms with van der Waals surface area (Å²) in [5.41, 5.74) is 6.54. The summed E-state index contributed by atoms with van der Waals surface area (Å²) in [6, 6.07) is 14.1. The van der Waals surface area contributed by atoms with Crippen LogP contribution in [0.2, 0.25) is 0 Å². The average molecular weight is 647 g/mol. The zero-order valence-electron chi connectivity index (χ0n) is 25.5. The van der Waals surface area contributed by atoms with Crippen LogP contribution in [0.3, 0.4) is 0 Å². The third kappa shape index (κ3) is 5.21. The molecule has 0 saturated carbocycles. The lowest BCUT2D eigenvalue weighted by atomic mass is 10.0. The Labute approximate surface area is 265 Å². The lowest BCUT2D eigenvalue weighted by Crippen LogP contribution is -2.45. The SMILES string of the molecule is CN1CCN(c2cc(C(N)=O)c(C(=O)Nc3n[nH]c4c3CN(S(=O)(=O)c3ccccc3)C4(C)C)cc2-n2cccc2C(=O)O)CC1. The highest BCUT2D eigenvalue weighted by atomic mass is 32.2. The Kier molecular flexibility index (Phi) is 7.70. The molecule has 0 radical (unpaired) electrons. The quantitative estimate of drug-likeness (QED) is 0.223. The molecule has 0 bridgehead atoms. The molecule has 4 aromatic rings. The van der Waals surface area contributed by atoms with E-state index in [1.807, 2.05) is 11.9 Å². The number of nitrogens with zero attached hydrogens (tertiary/aromatic N) is 5. The van der Waals surface area contributed by atoms with Gasteiger partial charge in [0.1, 0.15) is 5.69 Å². The Bertz CT molecular complexity index is 1960. The van der Waals surface area contributed by atoms with Crippen LogP contribution in [0.4, 0.5) is 11.5 Å². The van der Waals surface area contributed by atoms with E-state index in [2.05, 4.69) is 20.4 Å². The molecule has 15 heteroatoms. The number of aromatic carboxylic acids is 1. The number of hydrogen-bond donors (Lipinski definition) is 4. The van der Waals surface area contributed by atoms with Gasteiger partial charge in [0.2, 0.25) is 15.9 Å². The second kappa shape index (κ2) is 11.4. The maximum absolute atomic E-state index is 13.9. The van der Waals surface area contributed by atoms with Crippen molar-refractivity contribution < 1.29 is 27.9 Å². The van der Waals surface area contributed by atoms with Crippen molar-refractivity contribution in [1.82, 2.24) is 24.0 Å². The first-order valence-electron chi connectivity index (χ1n) is 14.6. The molecule has 14 nitrogen and oxygen atoms in total. The summed E-state index contributed by atoms with van der Waals surface area (Å²) in [5.74, 6) is -2.62. The lowest BCUT2D eigenvalue weighted by Gasteiger charge is -2.35. The maximum atomic E-state index is 13.9. The predicted molar refractivity (Wildman–Crippen MR) is 170 cm³/mol. The Morgan fingerprint density at radius 3 is 2.30 bits per heavy atom. The largest absolute Gasteiger partial charge is 0.477 e. The third-order valence-corrected chi connectivity index (χ3v) is 10.7. The molecule has 0 unspecified atom stereocenters. The van der Waals surface area contributed by atoms with Crippen molar-refractivity contribution in [3.63, 3.8) is 0 Å².